The maximum absolute atomic E-state index is 12.3. The third-order valence-electron chi connectivity index (χ3n) is 5.92. The molecule has 1 aromatic carbocycles. The van der Waals surface area contributed by atoms with Crippen LogP contribution in [0.5, 0.6) is 0 Å². The minimum Gasteiger partial charge on any atom is -0.447 e. The van der Waals surface area contributed by atoms with Crippen LogP contribution in [0, 0.1) is 5.92 Å². The second-order valence-corrected chi connectivity index (χ2v) is 7.97. The van der Waals surface area contributed by atoms with Crippen LogP contribution in [-0.2, 0) is 22.4 Å². The van der Waals surface area contributed by atoms with E-state index in [1.165, 1.54) is 11.1 Å². The molecule has 1 atom stereocenters. The molecule has 2 aliphatic rings. The van der Waals surface area contributed by atoms with Crippen LogP contribution >= 0.6 is 0 Å². The van der Waals surface area contributed by atoms with E-state index in [-0.39, 0.29) is 18.0 Å². The number of amides is 2. The Kier molecular flexibility index (Phi) is 5.79. The molecule has 0 radical (unpaired) electrons. The number of hydrogen-bond acceptors (Lipinski definition) is 4. The number of carbonyl (C=O) groups is 2. The van der Waals surface area contributed by atoms with Gasteiger partial charge in [-0.3, -0.25) is 9.69 Å². The summed E-state index contributed by atoms with van der Waals surface area (Å²) in [5.74, 6) is 1.38. The molecule has 0 aliphatic carbocycles. The standard InChI is InChI=1S/C23H27N3O3/c1-17(27)25-11-9-19(10-12-25)13-20-7-8-22(24-15-20)26-21(16-29-23(26)28)14-18-5-3-2-4-6-18/h2-8,15,19,21H,9-14,16H2,1H3/t21-/m1/s1. The summed E-state index contributed by atoms with van der Waals surface area (Å²) in [5, 5.41) is 0. The van der Waals surface area contributed by atoms with E-state index in [1.807, 2.05) is 35.4 Å². The van der Waals surface area contributed by atoms with E-state index >= 15 is 0 Å². The number of pyridine rings is 1. The Morgan fingerprint density at radius 3 is 2.48 bits per heavy atom. The number of likely N-dealkylation sites (tertiary alicyclic amines) is 1. The number of benzene rings is 1. The molecular weight excluding hydrogens is 366 g/mol. The molecule has 2 amide bonds. The number of aromatic nitrogens is 1. The lowest BCUT2D eigenvalue weighted by molar-refractivity contribution is -0.130. The third kappa shape index (κ3) is 4.58. The molecule has 3 heterocycles. The number of hydrogen-bond donors (Lipinski definition) is 0. The maximum atomic E-state index is 12.3. The van der Waals surface area contributed by atoms with E-state index < -0.39 is 0 Å². The van der Waals surface area contributed by atoms with Crippen LogP contribution in [0.3, 0.4) is 0 Å². The molecule has 6 nitrogen and oxygen atoms in total. The van der Waals surface area contributed by atoms with E-state index in [2.05, 4.69) is 23.2 Å². The molecule has 0 bridgehead atoms. The molecule has 1 aromatic heterocycles. The number of cyclic esters (lactones) is 1. The number of ether oxygens (including phenoxy) is 1. The first kappa shape index (κ1) is 19.4. The van der Waals surface area contributed by atoms with Crippen molar-refractivity contribution < 1.29 is 14.3 Å². The predicted octanol–water partition coefficient (Wildman–Crippen LogP) is 3.45. The average molecular weight is 393 g/mol. The first-order chi connectivity index (χ1) is 14.1. The highest BCUT2D eigenvalue weighted by molar-refractivity contribution is 5.89. The zero-order valence-corrected chi connectivity index (χ0v) is 16.8. The molecule has 6 heteroatoms. The van der Waals surface area contributed by atoms with Crippen molar-refractivity contribution in [2.24, 2.45) is 5.92 Å². The highest BCUT2D eigenvalue weighted by atomic mass is 16.6. The van der Waals surface area contributed by atoms with Crippen LogP contribution < -0.4 is 4.90 Å². The zero-order valence-electron chi connectivity index (χ0n) is 16.8. The lowest BCUT2D eigenvalue weighted by Crippen LogP contribution is -2.37. The summed E-state index contributed by atoms with van der Waals surface area (Å²) in [4.78, 5) is 31.9. The summed E-state index contributed by atoms with van der Waals surface area (Å²) < 4.78 is 5.30. The summed E-state index contributed by atoms with van der Waals surface area (Å²) in [6, 6.07) is 14.1. The van der Waals surface area contributed by atoms with E-state index in [4.69, 9.17) is 4.74 Å². The van der Waals surface area contributed by atoms with Gasteiger partial charge in [-0.2, -0.15) is 0 Å². The molecule has 4 rings (SSSR count). The fourth-order valence-corrected chi connectivity index (χ4v) is 4.24. The van der Waals surface area contributed by atoms with Crippen LogP contribution in [0.1, 0.15) is 30.9 Å². The van der Waals surface area contributed by atoms with Crippen molar-refractivity contribution in [1.29, 1.82) is 0 Å². The van der Waals surface area contributed by atoms with Crippen molar-refractivity contribution in [2.45, 2.75) is 38.6 Å². The van der Waals surface area contributed by atoms with Crippen LogP contribution in [0.15, 0.2) is 48.7 Å². The lowest BCUT2D eigenvalue weighted by atomic mass is 9.90. The second kappa shape index (κ2) is 8.64. The van der Waals surface area contributed by atoms with Crippen LogP contribution in [-0.4, -0.2) is 47.6 Å². The number of carbonyl (C=O) groups excluding carboxylic acids is 2. The number of rotatable bonds is 5. The molecule has 0 saturated carbocycles. The van der Waals surface area contributed by atoms with Crippen LogP contribution in [0.2, 0.25) is 0 Å². The number of piperidine rings is 1. The molecule has 0 spiro atoms. The maximum Gasteiger partial charge on any atom is 0.415 e. The third-order valence-corrected chi connectivity index (χ3v) is 5.92. The molecule has 2 fully saturated rings. The van der Waals surface area contributed by atoms with Gasteiger partial charge < -0.3 is 9.64 Å². The van der Waals surface area contributed by atoms with Gasteiger partial charge in [0.25, 0.3) is 0 Å². The summed E-state index contributed by atoms with van der Waals surface area (Å²) in [5.41, 5.74) is 2.34. The molecule has 2 aromatic rings. The van der Waals surface area contributed by atoms with E-state index in [0.717, 1.165) is 38.8 Å². The summed E-state index contributed by atoms with van der Waals surface area (Å²) in [7, 11) is 0. The monoisotopic (exact) mass is 393 g/mol. The summed E-state index contributed by atoms with van der Waals surface area (Å²) in [6.45, 7) is 3.70. The van der Waals surface area contributed by atoms with E-state index in [9.17, 15) is 9.59 Å². The quantitative estimate of drug-likeness (QED) is 0.781. The second-order valence-electron chi connectivity index (χ2n) is 7.97. The largest absolute Gasteiger partial charge is 0.447 e. The van der Waals surface area contributed by atoms with Gasteiger partial charge in [-0.1, -0.05) is 36.4 Å². The van der Waals surface area contributed by atoms with Crippen LogP contribution in [0.25, 0.3) is 0 Å². The Labute approximate surface area is 171 Å². The summed E-state index contributed by atoms with van der Waals surface area (Å²) >= 11 is 0. The number of anilines is 1. The molecule has 0 N–H and O–H groups in total. The Hall–Kier alpha value is -2.89. The lowest BCUT2D eigenvalue weighted by Gasteiger charge is -2.31. The summed E-state index contributed by atoms with van der Waals surface area (Å²) in [6.07, 6.45) is 5.29. The first-order valence-corrected chi connectivity index (χ1v) is 10.3. The molecule has 2 aliphatic heterocycles. The molecule has 2 saturated heterocycles. The molecular formula is C23H27N3O3. The molecule has 0 unspecified atom stereocenters. The number of nitrogens with zero attached hydrogens (tertiary/aromatic N) is 3. The Balaban J connectivity index is 1.39. The van der Waals surface area contributed by atoms with E-state index in [0.29, 0.717) is 18.3 Å². The smallest absolute Gasteiger partial charge is 0.415 e. The van der Waals surface area contributed by atoms with Gasteiger partial charge in [-0.05, 0) is 48.8 Å². The topological polar surface area (TPSA) is 62.7 Å². The van der Waals surface area contributed by atoms with Gasteiger partial charge in [0.1, 0.15) is 12.4 Å². The predicted molar refractivity (Wildman–Crippen MR) is 111 cm³/mol. The average Bonchev–Trinajstić information content (AvgIpc) is 3.10. The Morgan fingerprint density at radius 2 is 1.83 bits per heavy atom. The van der Waals surface area contributed by atoms with Crippen molar-refractivity contribution >= 4 is 17.8 Å². The van der Waals surface area contributed by atoms with Gasteiger partial charge in [0.15, 0.2) is 0 Å². The fourth-order valence-electron chi connectivity index (χ4n) is 4.24. The van der Waals surface area contributed by atoms with E-state index in [1.54, 1.807) is 11.8 Å². The first-order valence-electron chi connectivity index (χ1n) is 10.3. The van der Waals surface area contributed by atoms with Gasteiger partial charge in [-0.15, -0.1) is 0 Å². The Morgan fingerprint density at radius 1 is 1.07 bits per heavy atom. The van der Waals surface area contributed by atoms with Gasteiger partial charge in [-0.25, -0.2) is 9.78 Å². The van der Waals surface area contributed by atoms with Crippen molar-refractivity contribution in [3.05, 3.63) is 59.8 Å². The Bertz CT molecular complexity index is 845. The molecule has 29 heavy (non-hydrogen) atoms. The van der Waals surface area contributed by atoms with Gasteiger partial charge in [0, 0.05) is 26.2 Å². The normalized spacial score (nSPS) is 20.0. The van der Waals surface area contributed by atoms with Gasteiger partial charge in [0.05, 0.1) is 6.04 Å². The minimum absolute atomic E-state index is 0.0424. The zero-order chi connectivity index (χ0) is 20.2. The van der Waals surface area contributed by atoms with Gasteiger partial charge >= 0.3 is 6.09 Å². The fraction of sp³-hybridized carbons (Fsp3) is 0.435. The highest BCUT2D eigenvalue weighted by Crippen LogP contribution is 2.26. The van der Waals surface area contributed by atoms with Crippen molar-refractivity contribution in [2.75, 3.05) is 24.6 Å². The highest BCUT2D eigenvalue weighted by Gasteiger charge is 2.35. The minimum atomic E-state index is -0.331. The SMILES string of the molecule is CC(=O)N1CCC(Cc2ccc(N3C(=O)OC[C@H]3Cc3ccccc3)nc2)CC1. The van der Waals surface area contributed by atoms with Crippen LogP contribution in [0.4, 0.5) is 10.6 Å². The molecule has 152 valence electrons. The van der Waals surface area contributed by atoms with Gasteiger partial charge in [0.2, 0.25) is 5.91 Å². The van der Waals surface area contributed by atoms with Crippen molar-refractivity contribution in [3.63, 3.8) is 0 Å². The van der Waals surface area contributed by atoms with Crippen molar-refractivity contribution in [3.8, 4) is 0 Å². The van der Waals surface area contributed by atoms with Crippen molar-refractivity contribution in [1.82, 2.24) is 9.88 Å².